The van der Waals surface area contributed by atoms with Gasteiger partial charge in [-0.05, 0) is 18.4 Å². The molecule has 0 N–H and O–H groups in total. The van der Waals surface area contributed by atoms with E-state index >= 15 is 0 Å². The summed E-state index contributed by atoms with van der Waals surface area (Å²) >= 11 is 0. The topological polar surface area (TPSA) is 111 Å². The highest BCUT2D eigenvalue weighted by molar-refractivity contribution is 5.69. The molecule has 9 heteroatoms. The molecule has 0 fully saturated rings. The normalized spacial score (nSPS) is 12.3. The summed E-state index contributed by atoms with van der Waals surface area (Å²) in [5.74, 6) is 0. The van der Waals surface area contributed by atoms with Crippen LogP contribution < -0.4 is 11.2 Å². The zero-order valence-corrected chi connectivity index (χ0v) is 12.9. The minimum Gasteiger partial charge on any atom is -0.328 e. The highest BCUT2D eigenvalue weighted by Crippen LogP contribution is 2.06. The molecule has 0 saturated carbocycles. The fourth-order valence-corrected chi connectivity index (χ4v) is 2.45. The summed E-state index contributed by atoms with van der Waals surface area (Å²) in [5, 5.41) is 3.60. The van der Waals surface area contributed by atoms with Crippen LogP contribution in [0, 0.1) is 0 Å². The van der Waals surface area contributed by atoms with E-state index in [-0.39, 0.29) is 17.3 Å². The van der Waals surface area contributed by atoms with Gasteiger partial charge in [-0.1, -0.05) is 18.5 Å². The van der Waals surface area contributed by atoms with E-state index in [0.717, 1.165) is 12.8 Å². The largest absolute Gasteiger partial charge is 0.332 e. The first-order valence-corrected chi connectivity index (χ1v) is 7.12. The third-order valence-electron chi connectivity index (χ3n) is 3.70. The Morgan fingerprint density at radius 2 is 2.09 bits per heavy atom. The maximum Gasteiger partial charge on any atom is 0.332 e. The second-order valence-corrected chi connectivity index (χ2v) is 5.38. The lowest BCUT2D eigenvalue weighted by molar-refractivity contribution is 0.519. The van der Waals surface area contributed by atoms with Crippen LogP contribution in [-0.4, -0.2) is 24.7 Å². The van der Waals surface area contributed by atoms with Gasteiger partial charge in [0.2, 0.25) is 0 Å². The van der Waals surface area contributed by atoms with Crippen LogP contribution in [0.15, 0.2) is 21.0 Å². The standard InChI is InChI=1S/C13H19N7O2/c1-9(16-17-14)6-4-5-7-20-12(21)10-11(15-8-18(10)2)19(3)13(20)22/h8-9H,4-7H2,1-3H3. The van der Waals surface area contributed by atoms with Gasteiger partial charge in [0.25, 0.3) is 5.56 Å². The Labute approximate surface area is 126 Å². The minimum absolute atomic E-state index is 0.0795. The van der Waals surface area contributed by atoms with Crippen LogP contribution in [0.4, 0.5) is 0 Å². The number of rotatable bonds is 6. The molecule has 0 amide bonds. The molecule has 0 aliphatic heterocycles. The van der Waals surface area contributed by atoms with Crippen molar-refractivity contribution in [2.45, 2.75) is 38.8 Å². The summed E-state index contributed by atoms with van der Waals surface area (Å²) in [5.41, 5.74) is 8.48. The predicted molar refractivity (Wildman–Crippen MR) is 82.7 cm³/mol. The number of hydrogen-bond donors (Lipinski definition) is 0. The molecule has 2 aromatic heterocycles. The number of hydrogen-bond acceptors (Lipinski definition) is 4. The molecular formula is C13H19N7O2. The minimum atomic E-state index is -0.362. The lowest BCUT2D eigenvalue weighted by atomic mass is 10.1. The first kappa shape index (κ1) is 15.8. The summed E-state index contributed by atoms with van der Waals surface area (Å²) in [7, 11) is 3.34. The number of imidazole rings is 1. The summed E-state index contributed by atoms with van der Waals surface area (Å²) < 4.78 is 4.25. The van der Waals surface area contributed by atoms with E-state index in [2.05, 4.69) is 15.0 Å². The second kappa shape index (κ2) is 6.48. The molecule has 118 valence electrons. The monoisotopic (exact) mass is 305 g/mol. The predicted octanol–water partition coefficient (Wildman–Crippen LogP) is 1.30. The van der Waals surface area contributed by atoms with Gasteiger partial charge in [0.15, 0.2) is 11.2 Å². The molecule has 0 bridgehead atoms. The van der Waals surface area contributed by atoms with Gasteiger partial charge in [0.1, 0.15) is 0 Å². The van der Waals surface area contributed by atoms with Crippen LogP contribution in [0.3, 0.4) is 0 Å². The van der Waals surface area contributed by atoms with E-state index in [1.54, 1.807) is 18.7 Å². The van der Waals surface area contributed by atoms with Crippen molar-refractivity contribution >= 4 is 11.2 Å². The fourth-order valence-electron chi connectivity index (χ4n) is 2.45. The Bertz CT molecular complexity index is 838. The average molecular weight is 305 g/mol. The Hall–Kier alpha value is -2.54. The molecule has 0 saturated heterocycles. The number of aromatic nitrogens is 4. The summed E-state index contributed by atoms with van der Waals surface area (Å²) in [4.78, 5) is 31.5. The van der Waals surface area contributed by atoms with Gasteiger partial charge in [-0.25, -0.2) is 9.78 Å². The maximum absolute atomic E-state index is 12.4. The number of azide groups is 1. The van der Waals surface area contributed by atoms with Gasteiger partial charge in [0, 0.05) is 31.6 Å². The van der Waals surface area contributed by atoms with Gasteiger partial charge in [-0.15, -0.1) is 0 Å². The van der Waals surface area contributed by atoms with Crippen molar-refractivity contribution in [3.05, 3.63) is 37.6 Å². The highest BCUT2D eigenvalue weighted by atomic mass is 16.2. The highest BCUT2D eigenvalue weighted by Gasteiger charge is 2.14. The van der Waals surface area contributed by atoms with Gasteiger partial charge in [0.05, 0.1) is 6.33 Å². The molecular weight excluding hydrogens is 286 g/mol. The summed E-state index contributed by atoms with van der Waals surface area (Å²) in [6, 6.07) is -0.0795. The van der Waals surface area contributed by atoms with Crippen LogP contribution in [0.1, 0.15) is 26.2 Å². The van der Waals surface area contributed by atoms with Gasteiger partial charge >= 0.3 is 5.69 Å². The van der Waals surface area contributed by atoms with Crippen molar-refractivity contribution in [1.29, 1.82) is 0 Å². The third-order valence-corrected chi connectivity index (χ3v) is 3.70. The number of unbranched alkanes of at least 4 members (excludes halogenated alkanes) is 1. The van der Waals surface area contributed by atoms with Crippen molar-refractivity contribution in [2.75, 3.05) is 0 Å². The third kappa shape index (κ3) is 2.89. The molecule has 1 unspecified atom stereocenters. The molecule has 22 heavy (non-hydrogen) atoms. The van der Waals surface area contributed by atoms with E-state index in [4.69, 9.17) is 5.53 Å². The molecule has 0 spiro atoms. The average Bonchev–Trinajstić information content (AvgIpc) is 2.86. The Morgan fingerprint density at radius 1 is 1.36 bits per heavy atom. The SMILES string of the molecule is CC(CCCCn1c(=O)c2c(ncn2C)n(C)c1=O)N=[N+]=[N-]. The van der Waals surface area contributed by atoms with Crippen molar-refractivity contribution in [3.8, 4) is 0 Å². The fraction of sp³-hybridized carbons (Fsp3) is 0.615. The van der Waals surface area contributed by atoms with E-state index in [9.17, 15) is 9.59 Å². The van der Waals surface area contributed by atoms with Crippen LogP contribution in [0.25, 0.3) is 21.6 Å². The van der Waals surface area contributed by atoms with Gasteiger partial charge in [-0.2, -0.15) is 0 Å². The molecule has 1 atom stereocenters. The van der Waals surface area contributed by atoms with Crippen molar-refractivity contribution in [3.63, 3.8) is 0 Å². The van der Waals surface area contributed by atoms with E-state index < -0.39 is 0 Å². The molecule has 0 aliphatic carbocycles. The van der Waals surface area contributed by atoms with Crippen LogP contribution in [0.2, 0.25) is 0 Å². The van der Waals surface area contributed by atoms with Crippen molar-refractivity contribution in [2.24, 2.45) is 19.2 Å². The van der Waals surface area contributed by atoms with E-state index in [0.29, 0.717) is 24.1 Å². The molecule has 0 aliphatic rings. The van der Waals surface area contributed by atoms with E-state index in [1.165, 1.54) is 15.5 Å². The number of fused-ring (bicyclic) bond motifs is 1. The zero-order chi connectivity index (χ0) is 16.3. The lowest BCUT2D eigenvalue weighted by Crippen LogP contribution is -2.39. The maximum atomic E-state index is 12.4. The smallest absolute Gasteiger partial charge is 0.328 e. The van der Waals surface area contributed by atoms with Crippen molar-refractivity contribution in [1.82, 2.24) is 18.7 Å². The molecule has 0 aromatic carbocycles. The first-order valence-electron chi connectivity index (χ1n) is 7.12. The Morgan fingerprint density at radius 3 is 2.77 bits per heavy atom. The molecule has 2 rings (SSSR count). The molecule has 0 radical (unpaired) electrons. The first-order chi connectivity index (χ1) is 10.5. The van der Waals surface area contributed by atoms with Gasteiger partial charge in [-0.3, -0.25) is 13.9 Å². The molecule has 2 aromatic rings. The zero-order valence-electron chi connectivity index (χ0n) is 12.9. The molecule has 2 heterocycles. The van der Waals surface area contributed by atoms with Gasteiger partial charge < -0.3 is 4.57 Å². The summed E-state index contributed by atoms with van der Waals surface area (Å²) in [6.45, 7) is 2.18. The van der Waals surface area contributed by atoms with Crippen molar-refractivity contribution < 1.29 is 0 Å². The Kier molecular flexibility index (Phi) is 4.67. The van der Waals surface area contributed by atoms with Crippen LogP contribution in [-0.2, 0) is 20.6 Å². The van der Waals surface area contributed by atoms with Crippen LogP contribution in [0.5, 0.6) is 0 Å². The number of nitrogens with zero attached hydrogens (tertiary/aromatic N) is 7. The van der Waals surface area contributed by atoms with Crippen LogP contribution >= 0.6 is 0 Å². The Balaban J connectivity index is 2.21. The second-order valence-electron chi connectivity index (χ2n) is 5.38. The quantitative estimate of drug-likeness (QED) is 0.347. The lowest BCUT2D eigenvalue weighted by Gasteiger charge is -2.09. The number of aryl methyl sites for hydroxylation is 2. The summed E-state index contributed by atoms with van der Waals surface area (Å²) in [6.07, 6.45) is 3.70. The van der Waals surface area contributed by atoms with E-state index in [1.807, 2.05) is 6.92 Å². The molecule has 9 nitrogen and oxygen atoms in total.